The van der Waals surface area contributed by atoms with Crippen molar-refractivity contribution >= 4 is 11.3 Å². The minimum Gasteiger partial charge on any atom is -0.383 e. The summed E-state index contributed by atoms with van der Waals surface area (Å²) in [4.78, 5) is 3.13. The summed E-state index contributed by atoms with van der Waals surface area (Å²) in [7, 11) is 1.78. The molecule has 1 heterocycles. The number of aryl methyl sites for hydroxylation is 2. The summed E-state index contributed by atoms with van der Waals surface area (Å²) >= 11 is 2.01. The van der Waals surface area contributed by atoms with Crippen LogP contribution in [0.25, 0.3) is 0 Å². The third-order valence-corrected chi connectivity index (χ3v) is 5.21. The molecular formula is C15H25NOS. The second-order valence-electron chi connectivity index (χ2n) is 5.25. The first-order valence-corrected chi connectivity index (χ1v) is 7.92. The fraction of sp³-hybridized carbons (Fsp3) is 0.733. The summed E-state index contributed by atoms with van der Waals surface area (Å²) < 4.78 is 5.25. The molecule has 3 heteroatoms. The van der Waals surface area contributed by atoms with Crippen molar-refractivity contribution in [2.45, 2.75) is 58.0 Å². The van der Waals surface area contributed by atoms with Crippen LogP contribution in [0.15, 0.2) is 6.07 Å². The predicted molar refractivity (Wildman–Crippen MR) is 78.5 cm³/mol. The lowest BCUT2D eigenvalue weighted by molar-refractivity contribution is 0.160. The van der Waals surface area contributed by atoms with E-state index in [0.717, 1.165) is 13.0 Å². The molecule has 102 valence electrons. The summed E-state index contributed by atoms with van der Waals surface area (Å²) in [6, 6.07) is 3.33. The number of hydrogen-bond donors (Lipinski definition) is 1. The van der Waals surface area contributed by atoms with Crippen LogP contribution in [0.4, 0.5) is 0 Å². The molecule has 2 nitrogen and oxygen atoms in total. The van der Waals surface area contributed by atoms with Crippen molar-refractivity contribution in [1.82, 2.24) is 5.32 Å². The van der Waals surface area contributed by atoms with Crippen molar-refractivity contribution in [3.63, 3.8) is 0 Å². The number of ether oxygens (including phenoxy) is 1. The molecule has 1 aliphatic rings. The largest absolute Gasteiger partial charge is 0.383 e. The Morgan fingerprint density at radius 2 is 2.17 bits per heavy atom. The smallest absolute Gasteiger partial charge is 0.0615 e. The Labute approximate surface area is 115 Å². The quantitative estimate of drug-likeness (QED) is 0.848. The number of hydrogen-bond acceptors (Lipinski definition) is 3. The molecule has 0 saturated heterocycles. The van der Waals surface area contributed by atoms with Crippen LogP contribution in [0, 0.1) is 0 Å². The normalized spacial score (nSPS) is 18.4. The van der Waals surface area contributed by atoms with E-state index in [1.807, 2.05) is 11.3 Å². The van der Waals surface area contributed by atoms with Crippen molar-refractivity contribution in [1.29, 1.82) is 0 Å². The maximum absolute atomic E-state index is 5.25. The van der Waals surface area contributed by atoms with Crippen LogP contribution < -0.4 is 5.32 Å². The molecule has 0 spiro atoms. The SMILES string of the molecule is CCC(COC)NC(C)c1cc2c(s1)CCCC2. The fourth-order valence-electron chi connectivity index (χ4n) is 2.65. The van der Waals surface area contributed by atoms with Crippen LogP contribution in [0.1, 0.15) is 54.5 Å². The van der Waals surface area contributed by atoms with E-state index in [1.165, 1.54) is 30.6 Å². The average Bonchev–Trinajstić information content (AvgIpc) is 2.82. The Balaban J connectivity index is 1.99. The minimum atomic E-state index is 0.445. The van der Waals surface area contributed by atoms with Gasteiger partial charge in [-0.15, -0.1) is 11.3 Å². The van der Waals surface area contributed by atoms with Gasteiger partial charge in [0, 0.05) is 28.9 Å². The number of thiophene rings is 1. The standard InChI is InChI=1S/C15H25NOS/c1-4-13(10-17-3)16-11(2)15-9-12-7-5-6-8-14(12)18-15/h9,11,13,16H,4-8,10H2,1-3H3. The van der Waals surface area contributed by atoms with Crippen LogP contribution in [0.2, 0.25) is 0 Å². The second-order valence-corrected chi connectivity index (χ2v) is 6.42. The zero-order valence-electron chi connectivity index (χ0n) is 11.8. The first-order chi connectivity index (χ1) is 8.74. The van der Waals surface area contributed by atoms with Gasteiger partial charge in [-0.3, -0.25) is 0 Å². The van der Waals surface area contributed by atoms with Gasteiger partial charge in [0.05, 0.1) is 6.61 Å². The highest BCUT2D eigenvalue weighted by Crippen LogP contribution is 2.32. The molecule has 18 heavy (non-hydrogen) atoms. The van der Waals surface area contributed by atoms with Crippen molar-refractivity contribution in [3.05, 3.63) is 21.4 Å². The van der Waals surface area contributed by atoms with E-state index >= 15 is 0 Å². The number of rotatable bonds is 6. The molecular weight excluding hydrogens is 242 g/mol. The van der Waals surface area contributed by atoms with Crippen LogP contribution >= 0.6 is 11.3 Å². The number of fused-ring (bicyclic) bond motifs is 1. The van der Waals surface area contributed by atoms with Crippen LogP contribution in [-0.2, 0) is 17.6 Å². The average molecular weight is 267 g/mol. The molecule has 0 fully saturated rings. The first-order valence-electron chi connectivity index (χ1n) is 7.11. The lowest BCUT2D eigenvalue weighted by atomic mass is 9.99. The molecule has 1 aromatic rings. The summed E-state index contributed by atoms with van der Waals surface area (Å²) in [5, 5.41) is 3.68. The minimum absolute atomic E-state index is 0.445. The molecule has 1 aromatic heterocycles. The van der Waals surface area contributed by atoms with Crippen LogP contribution in [0.5, 0.6) is 0 Å². The fourth-order valence-corrected chi connectivity index (χ4v) is 3.92. The third-order valence-electron chi connectivity index (χ3n) is 3.79. The van der Waals surface area contributed by atoms with Crippen LogP contribution in [-0.4, -0.2) is 19.8 Å². The van der Waals surface area contributed by atoms with Gasteiger partial charge >= 0.3 is 0 Å². The van der Waals surface area contributed by atoms with Gasteiger partial charge in [0.2, 0.25) is 0 Å². The highest BCUT2D eigenvalue weighted by atomic mass is 32.1. The maximum atomic E-state index is 5.25. The van der Waals surface area contributed by atoms with Gasteiger partial charge in [-0.05, 0) is 50.7 Å². The lowest BCUT2D eigenvalue weighted by Gasteiger charge is -2.20. The molecule has 0 aromatic carbocycles. The molecule has 2 atom stereocenters. The Kier molecular flexibility index (Phi) is 5.22. The zero-order valence-corrected chi connectivity index (χ0v) is 12.6. The first kappa shape index (κ1) is 14.0. The van der Waals surface area contributed by atoms with Gasteiger partial charge in [0.25, 0.3) is 0 Å². The Morgan fingerprint density at radius 3 is 2.83 bits per heavy atom. The van der Waals surface area contributed by atoms with E-state index in [9.17, 15) is 0 Å². The number of nitrogens with one attached hydrogen (secondary N) is 1. The lowest BCUT2D eigenvalue weighted by Crippen LogP contribution is -2.34. The van der Waals surface area contributed by atoms with E-state index in [4.69, 9.17) is 4.74 Å². The molecule has 1 N–H and O–H groups in total. The summed E-state index contributed by atoms with van der Waals surface area (Å²) in [5.74, 6) is 0. The molecule has 2 rings (SSSR count). The Bertz CT molecular complexity index is 351. The Morgan fingerprint density at radius 1 is 1.39 bits per heavy atom. The number of methoxy groups -OCH3 is 1. The topological polar surface area (TPSA) is 21.3 Å². The van der Waals surface area contributed by atoms with E-state index in [2.05, 4.69) is 25.2 Å². The summed E-state index contributed by atoms with van der Waals surface area (Å²) in [5.41, 5.74) is 1.61. The summed E-state index contributed by atoms with van der Waals surface area (Å²) in [6.07, 6.45) is 6.43. The highest BCUT2D eigenvalue weighted by Gasteiger charge is 2.18. The molecule has 2 unspecified atom stereocenters. The van der Waals surface area contributed by atoms with E-state index < -0.39 is 0 Å². The van der Waals surface area contributed by atoms with Gasteiger partial charge in [-0.1, -0.05) is 6.92 Å². The maximum Gasteiger partial charge on any atom is 0.0615 e. The van der Waals surface area contributed by atoms with Gasteiger partial charge in [-0.2, -0.15) is 0 Å². The summed E-state index contributed by atoms with van der Waals surface area (Å²) in [6.45, 7) is 5.28. The molecule has 0 saturated carbocycles. The molecule has 0 amide bonds. The molecule has 0 radical (unpaired) electrons. The van der Waals surface area contributed by atoms with E-state index in [1.54, 1.807) is 17.6 Å². The molecule has 0 aliphatic heterocycles. The van der Waals surface area contributed by atoms with E-state index in [0.29, 0.717) is 12.1 Å². The molecule has 0 bridgehead atoms. The van der Waals surface area contributed by atoms with E-state index in [-0.39, 0.29) is 0 Å². The van der Waals surface area contributed by atoms with Gasteiger partial charge in [-0.25, -0.2) is 0 Å². The predicted octanol–water partition coefficient (Wildman–Crippen LogP) is 3.70. The monoisotopic (exact) mass is 267 g/mol. The van der Waals surface area contributed by atoms with Gasteiger partial charge in [0.1, 0.15) is 0 Å². The molecule has 1 aliphatic carbocycles. The zero-order chi connectivity index (χ0) is 13.0. The third kappa shape index (κ3) is 3.34. The van der Waals surface area contributed by atoms with Gasteiger partial charge < -0.3 is 10.1 Å². The van der Waals surface area contributed by atoms with Crippen LogP contribution in [0.3, 0.4) is 0 Å². The van der Waals surface area contributed by atoms with Crippen molar-refractivity contribution < 1.29 is 4.74 Å². The van der Waals surface area contributed by atoms with Gasteiger partial charge in [0.15, 0.2) is 0 Å². The van der Waals surface area contributed by atoms with Crippen molar-refractivity contribution in [2.75, 3.05) is 13.7 Å². The second kappa shape index (κ2) is 6.69. The van der Waals surface area contributed by atoms with Crippen molar-refractivity contribution in [2.24, 2.45) is 0 Å². The Hall–Kier alpha value is -0.380. The highest BCUT2D eigenvalue weighted by molar-refractivity contribution is 7.12. The van der Waals surface area contributed by atoms with Crippen molar-refractivity contribution in [3.8, 4) is 0 Å².